The van der Waals surface area contributed by atoms with E-state index in [2.05, 4.69) is 9.97 Å². The van der Waals surface area contributed by atoms with Crippen LogP contribution in [0.2, 0.25) is 10.0 Å². The van der Waals surface area contributed by atoms with Crippen LogP contribution in [-0.2, 0) is 0 Å². The fourth-order valence-corrected chi connectivity index (χ4v) is 2.04. The van der Waals surface area contributed by atoms with Gasteiger partial charge in [0, 0.05) is 17.1 Å². The summed E-state index contributed by atoms with van der Waals surface area (Å²) in [5, 5.41) is 2.05. The molecule has 0 aliphatic carbocycles. The van der Waals surface area contributed by atoms with E-state index in [1.165, 1.54) is 0 Å². The van der Waals surface area contributed by atoms with Crippen LogP contribution in [-0.4, -0.2) is 9.97 Å². The van der Waals surface area contributed by atoms with E-state index in [0.29, 0.717) is 15.9 Å². The van der Waals surface area contributed by atoms with Crippen LogP contribution in [0.15, 0.2) is 48.7 Å². The predicted octanol–water partition coefficient (Wildman–Crippen LogP) is 4.60. The molecule has 0 aliphatic heterocycles. The van der Waals surface area contributed by atoms with Gasteiger partial charge in [-0.05, 0) is 24.3 Å². The van der Waals surface area contributed by atoms with Crippen LogP contribution in [0.3, 0.4) is 0 Å². The van der Waals surface area contributed by atoms with Crippen molar-refractivity contribution in [2.45, 2.75) is 0 Å². The van der Waals surface area contributed by atoms with Crippen molar-refractivity contribution >= 4 is 34.1 Å². The zero-order valence-corrected chi connectivity index (χ0v) is 10.8. The highest BCUT2D eigenvalue weighted by molar-refractivity contribution is 6.42. The Morgan fingerprint density at radius 1 is 0.889 bits per heavy atom. The number of benzene rings is 2. The zero-order chi connectivity index (χ0) is 12.5. The summed E-state index contributed by atoms with van der Waals surface area (Å²) in [6.45, 7) is 0. The van der Waals surface area contributed by atoms with Gasteiger partial charge in [-0.2, -0.15) is 0 Å². The highest BCUT2D eigenvalue weighted by Gasteiger charge is 2.05. The highest BCUT2D eigenvalue weighted by Crippen LogP contribution is 2.27. The average Bonchev–Trinajstić information content (AvgIpc) is 2.41. The molecule has 0 atom stereocenters. The summed E-state index contributed by atoms with van der Waals surface area (Å²) in [5.74, 6) is 0.646. The zero-order valence-electron chi connectivity index (χ0n) is 9.27. The molecule has 0 spiro atoms. The van der Waals surface area contributed by atoms with Gasteiger partial charge in [-0.15, -0.1) is 0 Å². The summed E-state index contributed by atoms with van der Waals surface area (Å²) in [6.07, 6.45) is 1.81. The molecule has 0 saturated heterocycles. The minimum absolute atomic E-state index is 0.505. The fraction of sp³-hybridized carbons (Fsp3) is 0. The van der Waals surface area contributed by atoms with Crippen LogP contribution in [0.1, 0.15) is 0 Å². The standard InChI is InChI=1S/C14H8Cl2N2/c15-11-6-5-9(7-12(11)16)14-17-8-10-3-1-2-4-13(10)18-14/h1-8H. The minimum Gasteiger partial charge on any atom is -0.236 e. The lowest BCUT2D eigenvalue weighted by Crippen LogP contribution is -1.89. The third kappa shape index (κ3) is 2.05. The maximum absolute atomic E-state index is 5.99. The Hall–Kier alpha value is -1.64. The summed E-state index contributed by atoms with van der Waals surface area (Å²) in [4.78, 5) is 8.84. The third-order valence-corrected chi connectivity index (χ3v) is 3.41. The van der Waals surface area contributed by atoms with Gasteiger partial charge in [-0.1, -0.05) is 41.4 Å². The molecule has 1 heterocycles. The number of halogens is 2. The lowest BCUT2D eigenvalue weighted by atomic mass is 10.2. The minimum atomic E-state index is 0.505. The van der Waals surface area contributed by atoms with Gasteiger partial charge < -0.3 is 0 Å². The Labute approximate surface area is 114 Å². The molecule has 1 aromatic heterocycles. The van der Waals surface area contributed by atoms with E-state index in [-0.39, 0.29) is 0 Å². The van der Waals surface area contributed by atoms with E-state index in [4.69, 9.17) is 23.2 Å². The Morgan fingerprint density at radius 2 is 1.72 bits per heavy atom. The number of hydrogen-bond acceptors (Lipinski definition) is 2. The first-order chi connectivity index (χ1) is 8.74. The Bertz CT molecular complexity index is 726. The molecule has 0 amide bonds. The lowest BCUT2D eigenvalue weighted by Gasteiger charge is -2.03. The second-order valence-corrected chi connectivity index (χ2v) is 4.70. The lowest BCUT2D eigenvalue weighted by molar-refractivity contribution is 1.23. The molecule has 0 fully saturated rings. The van der Waals surface area contributed by atoms with Crippen molar-refractivity contribution < 1.29 is 0 Å². The number of hydrogen-bond donors (Lipinski definition) is 0. The van der Waals surface area contributed by atoms with E-state index >= 15 is 0 Å². The number of rotatable bonds is 1. The summed E-state index contributed by atoms with van der Waals surface area (Å²) in [5.41, 5.74) is 1.77. The first-order valence-corrected chi connectivity index (χ1v) is 6.17. The largest absolute Gasteiger partial charge is 0.236 e. The second kappa shape index (κ2) is 4.56. The number of para-hydroxylation sites is 1. The third-order valence-electron chi connectivity index (χ3n) is 2.67. The molecule has 0 aliphatic rings. The maximum Gasteiger partial charge on any atom is 0.159 e. The molecule has 0 bridgehead atoms. The molecule has 3 rings (SSSR count). The van der Waals surface area contributed by atoms with Crippen LogP contribution < -0.4 is 0 Å². The van der Waals surface area contributed by atoms with Crippen molar-refractivity contribution in [2.75, 3.05) is 0 Å². The highest BCUT2D eigenvalue weighted by atomic mass is 35.5. The number of aromatic nitrogens is 2. The van der Waals surface area contributed by atoms with E-state index < -0.39 is 0 Å². The first-order valence-electron chi connectivity index (χ1n) is 5.41. The Balaban J connectivity index is 2.16. The molecular weight excluding hydrogens is 267 g/mol. The normalized spacial score (nSPS) is 10.8. The second-order valence-electron chi connectivity index (χ2n) is 3.88. The molecule has 0 N–H and O–H groups in total. The van der Waals surface area contributed by atoms with E-state index in [0.717, 1.165) is 16.5 Å². The van der Waals surface area contributed by atoms with E-state index in [1.807, 2.05) is 30.3 Å². The first kappa shape index (κ1) is 11.5. The average molecular weight is 275 g/mol. The monoisotopic (exact) mass is 274 g/mol. The van der Waals surface area contributed by atoms with Crippen molar-refractivity contribution in [1.29, 1.82) is 0 Å². The topological polar surface area (TPSA) is 25.8 Å². The Morgan fingerprint density at radius 3 is 2.56 bits per heavy atom. The molecular formula is C14H8Cl2N2. The predicted molar refractivity (Wildman–Crippen MR) is 75.0 cm³/mol. The van der Waals surface area contributed by atoms with Crippen molar-refractivity contribution in [3.8, 4) is 11.4 Å². The van der Waals surface area contributed by atoms with Crippen LogP contribution in [0.5, 0.6) is 0 Å². The SMILES string of the molecule is Clc1ccc(-c2ncc3ccccc3n2)cc1Cl. The molecule has 3 aromatic rings. The van der Waals surface area contributed by atoms with Crippen molar-refractivity contribution in [1.82, 2.24) is 9.97 Å². The summed E-state index contributed by atoms with van der Waals surface area (Å²) < 4.78 is 0. The van der Waals surface area contributed by atoms with Gasteiger partial charge in [0.05, 0.1) is 15.6 Å². The van der Waals surface area contributed by atoms with Gasteiger partial charge in [0.2, 0.25) is 0 Å². The summed E-state index contributed by atoms with van der Waals surface area (Å²) >= 11 is 11.9. The summed E-state index contributed by atoms with van der Waals surface area (Å²) in [6, 6.07) is 13.2. The molecule has 0 radical (unpaired) electrons. The maximum atomic E-state index is 5.99. The molecule has 88 valence electrons. The van der Waals surface area contributed by atoms with E-state index in [1.54, 1.807) is 18.3 Å². The van der Waals surface area contributed by atoms with E-state index in [9.17, 15) is 0 Å². The van der Waals surface area contributed by atoms with Crippen LogP contribution in [0, 0.1) is 0 Å². The van der Waals surface area contributed by atoms with Crippen LogP contribution >= 0.6 is 23.2 Å². The van der Waals surface area contributed by atoms with Crippen molar-refractivity contribution in [3.05, 3.63) is 58.7 Å². The van der Waals surface area contributed by atoms with Gasteiger partial charge in [-0.3, -0.25) is 0 Å². The Kier molecular flexibility index (Phi) is 2.90. The molecule has 4 heteroatoms. The van der Waals surface area contributed by atoms with Crippen molar-refractivity contribution in [2.24, 2.45) is 0 Å². The molecule has 18 heavy (non-hydrogen) atoms. The van der Waals surface area contributed by atoms with Gasteiger partial charge in [-0.25, -0.2) is 9.97 Å². The van der Waals surface area contributed by atoms with Gasteiger partial charge in [0.25, 0.3) is 0 Å². The molecule has 0 saturated carbocycles. The van der Waals surface area contributed by atoms with Crippen LogP contribution in [0.25, 0.3) is 22.3 Å². The van der Waals surface area contributed by atoms with Crippen LogP contribution in [0.4, 0.5) is 0 Å². The van der Waals surface area contributed by atoms with Gasteiger partial charge >= 0.3 is 0 Å². The number of nitrogens with zero attached hydrogens (tertiary/aromatic N) is 2. The molecule has 2 nitrogen and oxygen atoms in total. The summed E-state index contributed by atoms with van der Waals surface area (Å²) in [7, 11) is 0. The number of fused-ring (bicyclic) bond motifs is 1. The van der Waals surface area contributed by atoms with Gasteiger partial charge in [0.1, 0.15) is 0 Å². The quantitative estimate of drug-likeness (QED) is 0.648. The molecule has 0 unspecified atom stereocenters. The van der Waals surface area contributed by atoms with Crippen molar-refractivity contribution in [3.63, 3.8) is 0 Å². The molecule has 2 aromatic carbocycles. The van der Waals surface area contributed by atoms with Gasteiger partial charge in [0.15, 0.2) is 5.82 Å². The fourth-order valence-electron chi connectivity index (χ4n) is 1.75. The smallest absolute Gasteiger partial charge is 0.159 e.